The third-order valence-electron chi connectivity index (χ3n) is 9.62. The van der Waals surface area contributed by atoms with Gasteiger partial charge in [-0.15, -0.1) is 24.6 Å². The summed E-state index contributed by atoms with van der Waals surface area (Å²) in [6.45, 7) is 4.84. The van der Waals surface area contributed by atoms with Crippen LogP contribution >= 0.6 is 0 Å². The summed E-state index contributed by atoms with van der Waals surface area (Å²) in [7, 11) is 0. The summed E-state index contributed by atoms with van der Waals surface area (Å²) in [6.07, 6.45) is 8.66. The number of fused-ring (bicyclic) bond motifs is 5. The van der Waals surface area contributed by atoms with Crippen molar-refractivity contribution in [3.8, 4) is 33.6 Å². The van der Waals surface area contributed by atoms with E-state index in [0.29, 0.717) is 0 Å². The van der Waals surface area contributed by atoms with Crippen molar-refractivity contribution in [2.45, 2.75) is 5.41 Å². The molecule has 0 spiro atoms. The van der Waals surface area contributed by atoms with Crippen molar-refractivity contribution in [2.75, 3.05) is 0 Å². The molecule has 2 aliphatic carbocycles. The van der Waals surface area contributed by atoms with E-state index in [1.165, 1.54) is 33.0 Å². The fourth-order valence-electron chi connectivity index (χ4n) is 7.67. The van der Waals surface area contributed by atoms with E-state index in [1.807, 2.05) is 0 Å². The first kappa shape index (κ1) is 26.4. The van der Waals surface area contributed by atoms with E-state index >= 15 is 0 Å². The Morgan fingerprint density at radius 3 is 1.96 bits per heavy atom. The Hall–Kier alpha value is -5.99. The van der Waals surface area contributed by atoms with Gasteiger partial charge in [-0.25, -0.2) is 4.24 Å². The summed E-state index contributed by atoms with van der Waals surface area (Å²) < 4.78 is 2.18. The summed E-state index contributed by atoms with van der Waals surface area (Å²) in [5, 5.41) is 3.46. The van der Waals surface area contributed by atoms with Crippen LogP contribution in [-0.2, 0) is 5.41 Å². The first-order valence-electron chi connectivity index (χ1n) is 15.7. The van der Waals surface area contributed by atoms with Crippen LogP contribution in [-0.4, -0.2) is 4.98 Å². The Morgan fingerprint density at radius 2 is 1.24 bits per heavy atom. The van der Waals surface area contributed by atoms with Crippen LogP contribution in [0, 0.1) is 13.1 Å². The Morgan fingerprint density at radius 1 is 0.630 bits per heavy atom. The van der Waals surface area contributed by atoms with Crippen LogP contribution in [0.1, 0.15) is 28.1 Å². The molecule has 2 heterocycles. The van der Waals surface area contributed by atoms with Gasteiger partial charge < -0.3 is 0 Å². The van der Waals surface area contributed by atoms with Gasteiger partial charge in [0, 0.05) is 16.5 Å². The van der Waals surface area contributed by atoms with E-state index in [1.54, 1.807) is 0 Å². The molecule has 2 aliphatic rings. The molecule has 0 N–H and O–H groups in total. The fourth-order valence-corrected chi connectivity index (χ4v) is 7.67. The molecule has 0 amide bonds. The standard InChI is InChI=1S/C44H30N2/c1-46-41(29-33-21-9-11-23-35(33)43(46)31-18-6-3-7-19-31)44(38-26-14-12-24-36(38)37-25-13-15-27-39(37)44)40-28-32-20-8-10-22-34(32)42(45-40)30-16-4-2-5-17-30/h2-29H,1H2. The van der Waals surface area contributed by atoms with Gasteiger partial charge in [-0.3, -0.25) is 4.98 Å². The SMILES string of the molecule is C=[n+]1c(C2(c3cc4ccccc4c(-c4ccccc4)n3)c3ccccc3-c3ccccc32)cc2c(c1-c1ccccc1)[CH-]C=CC=2. The van der Waals surface area contributed by atoms with Crippen LogP contribution in [0.4, 0.5) is 0 Å². The second kappa shape index (κ2) is 10.3. The zero-order chi connectivity index (χ0) is 30.7. The van der Waals surface area contributed by atoms with Crippen molar-refractivity contribution in [1.82, 2.24) is 4.98 Å². The summed E-state index contributed by atoms with van der Waals surface area (Å²) in [5.74, 6) is 0. The van der Waals surface area contributed by atoms with Gasteiger partial charge in [-0.2, -0.15) is 0 Å². The Labute approximate surface area is 268 Å². The van der Waals surface area contributed by atoms with E-state index in [-0.39, 0.29) is 0 Å². The molecule has 0 saturated heterocycles. The average molecular weight is 587 g/mol. The molecule has 216 valence electrons. The van der Waals surface area contributed by atoms with Gasteiger partial charge in [-0.1, -0.05) is 144 Å². The normalized spacial score (nSPS) is 13.7. The molecule has 9 rings (SSSR count). The molecular weight excluding hydrogens is 556 g/mol. The highest BCUT2D eigenvalue weighted by Crippen LogP contribution is 2.55. The minimum atomic E-state index is -0.740. The lowest BCUT2D eigenvalue weighted by Crippen LogP contribution is -2.43. The zero-order valence-corrected chi connectivity index (χ0v) is 25.3. The zero-order valence-electron chi connectivity index (χ0n) is 25.3. The number of aromatic nitrogens is 2. The molecule has 0 bridgehead atoms. The van der Waals surface area contributed by atoms with E-state index in [4.69, 9.17) is 11.7 Å². The second-order valence-corrected chi connectivity index (χ2v) is 12.0. The molecule has 2 nitrogen and oxygen atoms in total. The highest BCUT2D eigenvalue weighted by atomic mass is 14.9. The van der Waals surface area contributed by atoms with Gasteiger partial charge in [0.2, 0.25) is 0 Å². The van der Waals surface area contributed by atoms with Crippen LogP contribution in [0.5, 0.6) is 0 Å². The predicted octanol–water partition coefficient (Wildman–Crippen LogP) is 8.76. The quantitative estimate of drug-likeness (QED) is 0.149. The van der Waals surface area contributed by atoms with Crippen molar-refractivity contribution < 1.29 is 4.24 Å². The molecule has 2 aromatic heterocycles. The van der Waals surface area contributed by atoms with Crippen molar-refractivity contribution in [1.29, 1.82) is 0 Å². The van der Waals surface area contributed by atoms with E-state index < -0.39 is 5.41 Å². The first-order chi connectivity index (χ1) is 22.7. The number of hydrogen-bond acceptors (Lipinski definition) is 1. The molecule has 0 unspecified atom stereocenters. The predicted molar refractivity (Wildman–Crippen MR) is 188 cm³/mol. The van der Waals surface area contributed by atoms with Crippen LogP contribution in [0.25, 0.3) is 50.5 Å². The van der Waals surface area contributed by atoms with Crippen LogP contribution < -0.4 is 9.46 Å². The molecule has 0 saturated carbocycles. The van der Waals surface area contributed by atoms with Gasteiger partial charge in [0.1, 0.15) is 17.8 Å². The molecule has 0 fully saturated rings. The number of hydrogen-bond donors (Lipinski definition) is 0. The van der Waals surface area contributed by atoms with Gasteiger partial charge in [0.25, 0.3) is 0 Å². The molecule has 46 heavy (non-hydrogen) atoms. The lowest BCUT2D eigenvalue weighted by molar-refractivity contribution is -0.499. The third-order valence-corrected chi connectivity index (χ3v) is 9.62. The van der Waals surface area contributed by atoms with Crippen LogP contribution in [0.2, 0.25) is 0 Å². The molecule has 0 atom stereocenters. The Bertz CT molecular complexity index is 2410. The van der Waals surface area contributed by atoms with Gasteiger partial charge >= 0.3 is 0 Å². The van der Waals surface area contributed by atoms with E-state index in [9.17, 15) is 0 Å². The van der Waals surface area contributed by atoms with Crippen LogP contribution in [0.3, 0.4) is 0 Å². The second-order valence-electron chi connectivity index (χ2n) is 12.0. The highest BCUT2D eigenvalue weighted by molar-refractivity contribution is 5.96. The van der Waals surface area contributed by atoms with Gasteiger partial charge in [0.15, 0.2) is 5.69 Å². The van der Waals surface area contributed by atoms with Gasteiger partial charge in [0.05, 0.1) is 11.4 Å². The maximum atomic E-state index is 5.68. The molecular formula is C44H30N2. The first-order valence-corrected chi connectivity index (χ1v) is 15.7. The summed E-state index contributed by atoms with van der Waals surface area (Å²) >= 11 is 0. The highest BCUT2D eigenvalue weighted by Gasteiger charge is 2.52. The largest absolute Gasteiger partial charge is 0.250 e. The number of rotatable bonds is 4. The van der Waals surface area contributed by atoms with Crippen molar-refractivity contribution in [3.63, 3.8) is 0 Å². The van der Waals surface area contributed by atoms with Crippen LogP contribution in [0.15, 0.2) is 158 Å². The van der Waals surface area contributed by atoms with Gasteiger partial charge in [-0.05, 0) is 39.8 Å². The lowest BCUT2D eigenvalue weighted by Gasteiger charge is -2.31. The molecule has 0 radical (unpaired) electrons. The summed E-state index contributed by atoms with van der Waals surface area (Å²) in [5.41, 5.74) is 11.6. The maximum Gasteiger partial charge on any atom is 0.190 e. The average Bonchev–Trinajstić information content (AvgIpc) is 3.42. The number of pyridine rings is 2. The molecule has 0 aliphatic heterocycles. The number of allylic oxidation sites excluding steroid dienone is 2. The maximum absolute atomic E-state index is 5.68. The number of nitrogens with zero attached hydrogens (tertiary/aromatic N) is 2. The fraction of sp³-hybridized carbons (Fsp3) is 0.0227. The third kappa shape index (κ3) is 3.74. The molecule has 5 aromatic carbocycles. The van der Waals surface area contributed by atoms with E-state index in [2.05, 4.69) is 174 Å². The Balaban J connectivity index is 1.49. The Kier molecular flexibility index (Phi) is 5.91. The van der Waals surface area contributed by atoms with Crippen molar-refractivity contribution in [2.24, 2.45) is 0 Å². The number of benzene rings is 5. The summed E-state index contributed by atoms with van der Waals surface area (Å²) in [4.78, 5) is 5.68. The molecule has 2 heteroatoms. The molecule has 7 aromatic rings. The minimum Gasteiger partial charge on any atom is -0.250 e. The minimum absolute atomic E-state index is 0.740. The van der Waals surface area contributed by atoms with E-state index in [0.717, 1.165) is 44.7 Å². The van der Waals surface area contributed by atoms with Crippen molar-refractivity contribution >= 4 is 16.8 Å². The summed E-state index contributed by atoms with van der Waals surface area (Å²) in [6, 6.07) is 52.1. The topological polar surface area (TPSA) is 18.8 Å². The lowest BCUT2D eigenvalue weighted by atomic mass is 9.71. The van der Waals surface area contributed by atoms with Crippen molar-refractivity contribution in [3.05, 3.63) is 204 Å². The monoisotopic (exact) mass is 586 g/mol. The smallest absolute Gasteiger partial charge is 0.190 e.